The number of ether oxygens (including phenoxy) is 1. The highest BCUT2D eigenvalue weighted by Gasteiger charge is 2.17. The molecule has 4 aromatic rings. The summed E-state index contributed by atoms with van der Waals surface area (Å²) >= 11 is 7.89. The van der Waals surface area contributed by atoms with Crippen molar-refractivity contribution in [1.82, 2.24) is 4.98 Å². The molecule has 1 amide bonds. The Labute approximate surface area is 201 Å². The Hall–Kier alpha value is -3.22. The third-order valence-corrected chi connectivity index (χ3v) is 6.41. The van der Waals surface area contributed by atoms with E-state index in [1.54, 1.807) is 47.7 Å². The molecule has 0 fully saturated rings. The third kappa shape index (κ3) is 5.07. The zero-order valence-corrected chi connectivity index (χ0v) is 20.1. The van der Waals surface area contributed by atoms with E-state index in [2.05, 4.69) is 5.32 Å². The van der Waals surface area contributed by atoms with Crippen LogP contribution in [0.3, 0.4) is 0 Å². The van der Waals surface area contributed by atoms with Crippen LogP contribution >= 0.6 is 22.9 Å². The number of fused-ring (bicyclic) bond motifs is 1. The molecular formula is C26H23ClN2O3S. The number of aryl methyl sites for hydroxylation is 1. The average molecular weight is 479 g/mol. The summed E-state index contributed by atoms with van der Waals surface area (Å²) in [4.78, 5) is 31.2. The van der Waals surface area contributed by atoms with Gasteiger partial charge in [-0.25, -0.2) is 9.78 Å². The van der Waals surface area contributed by atoms with Gasteiger partial charge in [0.1, 0.15) is 0 Å². The largest absolute Gasteiger partial charge is 0.462 e. The quantitative estimate of drug-likeness (QED) is 0.303. The highest BCUT2D eigenvalue weighted by molar-refractivity contribution is 7.13. The molecule has 5 nitrogen and oxygen atoms in total. The lowest BCUT2D eigenvalue weighted by molar-refractivity contribution is 0.0459. The number of nitrogens with zero attached hydrogens (tertiary/aromatic N) is 1. The molecule has 4 rings (SSSR count). The number of hydrogen-bond acceptors (Lipinski definition) is 5. The molecule has 0 saturated carbocycles. The Morgan fingerprint density at radius 1 is 1.12 bits per heavy atom. The molecule has 0 unspecified atom stereocenters. The fourth-order valence-corrected chi connectivity index (χ4v) is 4.20. The molecule has 0 aliphatic heterocycles. The van der Waals surface area contributed by atoms with Crippen molar-refractivity contribution in [3.63, 3.8) is 0 Å². The van der Waals surface area contributed by atoms with Gasteiger partial charge in [0.05, 0.1) is 33.8 Å². The maximum atomic E-state index is 13.3. The molecular weight excluding hydrogens is 456 g/mol. The number of rotatable bonds is 6. The highest BCUT2D eigenvalue weighted by Crippen LogP contribution is 2.32. The van der Waals surface area contributed by atoms with Crippen molar-refractivity contribution in [2.45, 2.75) is 20.8 Å². The summed E-state index contributed by atoms with van der Waals surface area (Å²) in [7, 11) is 0. The zero-order valence-electron chi connectivity index (χ0n) is 18.5. The van der Waals surface area contributed by atoms with E-state index in [1.807, 2.05) is 44.4 Å². The summed E-state index contributed by atoms with van der Waals surface area (Å²) in [5.41, 5.74) is 3.76. The second kappa shape index (κ2) is 9.73. The summed E-state index contributed by atoms with van der Waals surface area (Å²) in [6, 6.07) is 16.0. The third-order valence-electron chi connectivity index (χ3n) is 5.11. The van der Waals surface area contributed by atoms with Crippen LogP contribution in [-0.2, 0) is 4.74 Å². The maximum Gasteiger partial charge on any atom is 0.338 e. The molecule has 2 aromatic heterocycles. The smallest absolute Gasteiger partial charge is 0.338 e. The second-order valence-electron chi connectivity index (χ2n) is 8.12. The Balaban J connectivity index is 1.64. The Kier molecular flexibility index (Phi) is 6.77. The van der Waals surface area contributed by atoms with Gasteiger partial charge < -0.3 is 10.1 Å². The molecule has 7 heteroatoms. The Bertz CT molecular complexity index is 1320. The van der Waals surface area contributed by atoms with Crippen molar-refractivity contribution in [2.24, 2.45) is 5.92 Å². The first kappa shape index (κ1) is 23.0. The van der Waals surface area contributed by atoms with Crippen molar-refractivity contribution in [1.29, 1.82) is 0 Å². The molecule has 2 aromatic carbocycles. The number of anilines is 1. The molecule has 0 atom stereocenters. The maximum absolute atomic E-state index is 13.3. The average Bonchev–Trinajstić information content (AvgIpc) is 3.35. The van der Waals surface area contributed by atoms with Gasteiger partial charge in [0.2, 0.25) is 0 Å². The van der Waals surface area contributed by atoms with Gasteiger partial charge in [-0.05, 0) is 66.2 Å². The van der Waals surface area contributed by atoms with Gasteiger partial charge >= 0.3 is 5.97 Å². The fraction of sp³-hybridized carbons (Fsp3) is 0.192. The number of benzene rings is 2. The minimum atomic E-state index is -0.380. The molecule has 0 saturated heterocycles. The topological polar surface area (TPSA) is 68.3 Å². The van der Waals surface area contributed by atoms with E-state index in [4.69, 9.17) is 21.3 Å². The number of carbonyl (C=O) groups excluding carboxylic acids is 2. The van der Waals surface area contributed by atoms with Crippen LogP contribution in [0.4, 0.5) is 5.69 Å². The predicted molar refractivity (Wildman–Crippen MR) is 134 cm³/mol. The number of halogens is 1. The summed E-state index contributed by atoms with van der Waals surface area (Å²) < 4.78 is 5.25. The van der Waals surface area contributed by atoms with Crippen molar-refractivity contribution in [3.8, 4) is 10.6 Å². The summed E-state index contributed by atoms with van der Waals surface area (Å²) in [6.45, 7) is 6.22. The monoisotopic (exact) mass is 478 g/mol. The number of thiophene rings is 1. The number of hydrogen-bond donors (Lipinski definition) is 1. The summed E-state index contributed by atoms with van der Waals surface area (Å²) in [5.74, 6) is -0.382. The Morgan fingerprint density at radius 3 is 2.55 bits per heavy atom. The lowest BCUT2D eigenvalue weighted by Gasteiger charge is -2.12. The molecule has 1 N–H and O–H groups in total. The van der Waals surface area contributed by atoms with Gasteiger partial charge in [-0.15, -0.1) is 11.3 Å². The van der Waals surface area contributed by atoms with E-state index in [-0.39, 0.29) is 17.8 Å². The van der Waals surface area contributed by atoms with Crippen LogP contribution in [0.2, 0.25) is 5.02 Å². The molecule has 0 aliphatic carbocycles. The highest BCUT2D eigenvalue weighted by atomic mass is 35.5. The van der Waals surface area contributed by atoms with E-state index in [0.29, 0.717) is 34.0 Å². The molecule has 0 radical (unpaired) electrons. The van der Waals surface area contributed by atoms with Gasteiger partial charge in [0.25, 0.3) is 5.91 Å². The van der Waals surface area contributed by atoms with Crippen LogP contribution in [0.1, 0.15) is 40.1 Å². The summed E-state index contributed by atoms with van der Waals surface area (Å²) in [6.07, 6.45) is 0. The lowest BCUT2D eigenvalue weighted by atomic mass is 10.0. The normalized spacial score (nSPS) is 11.1. The fourth-order valence-electron chi connectivity index (χ4n) is 3.36. The summed E-state index contributed by atoms with van der Waals surface area (Å²) in [5, 5.41) is 6.22. The van der Waals surface area contributed by atoms with Crippen LogP contribution in [0.5, 0.6) is 0 Å². The number of pyridine rings is 1. The van der Waals surface area contributed by atoms with E-state index in [0.717, 1.165) is 21.5 Å². The zero-order chi connectivity index (χ0) is 23.5. The van der Waals surface area contributed by atoms with Crippen LogP contribution in [-0.4, -0.2) is 23.5 Å². The SMILES string of the molecule is Cc1c(Cl)ccc2c(C(=O)Nc3ccc(C(=O)OCC(C)C)cc3)cc(-c3cccs3)nc12. The lowest BCUT2D eigenvalue weighted by Crippen LogP contribution is -2.14. The van der Waals surface area contributed by atoms with Crippen LogP contribution in [0, 0.1) is 12.8 Å². The van der Waals surface area contributed by atoms with Gasteiger partial charge in [-0.3, -0.25) is 4.79 Å². The van der Waals surface area contributed by atoms with E-state index >= 15 is 0 Å². The van der Waals surface area contributed by atoms with E-state index in [1.165, 1.54) is 0 Å². The van der Waals surface area contributed by atoms with E-state index < -0.39 is 0 Å². The Morgan fingerprint density at radius 2 is 1.88 bits per heavy atom. The first-order valence-corrected chi connectivity index (χ1v) is 11.8. The molecule has 2 heterocycles. The number of esters is 1. The number of aromatic nitrogens is 1. The van der Waals surface area contributed by atoms with Crippen molar-refractivity contribution in [2.75, 3.05) is 11.9 Å². The van der Waals surface area contributed by atoms with Crippen LogP contribution in [0.15, 0.2) is 60.0 Å². The van der Waals surface area contributed by atoms with E-state index in [9.17, 15) is 9.59 Å². The minimum Gasteiger partial charge on any atom is -0.462 e. The van der Waals surface area contributed by atoms with Crippen molar-refractivity contribution in [3.05, 3.63) is 81.7 Å². The van der Waals surface area contributed by atoms with Gasteiger partial charge in [0, 0.05) is 16.1 Å². The molecule has 0 aliphatic rings. The van der Waals surface area contributed by atoms with Crippen molar-refractivity contribution < 1.29 is 14.3 Å². The first-order chi connectivity index (χ1) is 15.8. The first-order valence-electron chi connectivity index (χ1n) is 10.6. The molecule has 168 valence electrons. The molecule has 33 heavy (non-hydrogen) atoms. The number of nitrogens with one attached hydrogen (secondary N) is 1. The standard InChI is InChI=1S/C26H23ClN2O3S/c1-15(2)14-32-26(31)17-6-8-18(9-7-17)28-25(30)20-13-22(23-5-4-12-33-23)29-24-16(3)21(27)11-10-19(20)24/h4-13,15H,14H2,1-3H3,(H,28,30). The predicted octanol–water partition coefficient (Wildman–Crippen LogP) is 6.99. The number of carbonyl (C=O) groups is 2. The minimum absolute atomic E-state index is 0.264. The number of amides is 1. The van der Waals surface area contributed by atoms with Gasteiger partial charge in [-0.2, -0.15) is 0 Å². The van der Waals surface area contributed by atoms with Crippen LogP contribution in [0.25, 0.3) is 21.5 Å². The van der Waals surface area contributed by atoms with Gasteiger partial charge in [0.15, 0.2) is 0 Å². The molecule has 0 spiro atoms. The van der Waals surface area contributed by atoms with Crippen LogP contribution < -0.4 is 5.32 Å². The molecule has 0 bridgehead atoms. The second-order valence-corrected chi connectivity index (χ2v) is 9.48. The van der Waals surface area contributed by atoms with Crippen molar-refractivity contribution >= 4 is 51.4 Å². The van der Waals surface area contributed by atoms with Gasteiger partial charge in [-0.1, -0.05) is 37.6 Å².